The molecule has 0 atom stereocenters. The second kappa shape index (κ2) is 7.59. The number of halogens is 4. The van der Waals surface area contributed by atoms with Gasteiger partial charge in [0.25, 0.3) is 0 Å². The maximum absolute atomic E-state index is 9.75. The van der Waals surface area contributed by atoms with Crippen LogP contribution in [0, 0.1) is 12.0 Å². The second-order valence-corrected chi connectivity index (χ2v) is 7.68. The topological polar surface area (TPSA) is 0 Å². The summed E-state index contributed by atoms with van der Waals surface area (Å²) in [6.45, 7) is 6.44. The summed E-state index contributed by atoms with van der Waals surface area (Å²) < 4.78 is 39.0. The van der Waals surface area contributed by atoms with Gasteiger partial charge in [-0.1, -0.05) is 19.6 Å². The summed E-state index contributed by atoms with van der Waals surface area (Å²) in [5.41, 5.74) is 2.74. The first-order valence-electron chi connectivity index (χ1n) is 2.91. The third-order valence-corrected chi connectivity index (χ3v) is 1.30. The molecule has 0 aliphatic carbocycles. The number of hydrogen-bond donors (Lipinski definition) is 0. The molecule has 0 amide bonds. The van der Waals surface area contributed by atoms with Crippen molar-refractivity contribution < 1.29 is 68.6 Å². The standard InChI is InChI=1S/C5H10Si.BF4.K/c1-5-6(2,3)4;2-1(3,4)5;/h1H,2-4H3;;/q;-1;+1. The van der Waals surface area contributed by atoms with Gasteiger partial charge in [0.1, 0.15) is 8.07 Å². The Morgan fingerprint density at radius 3 is 1.17 bits per heavy atom. The van der Waals surface area contributed by atoms with Crippen LogP contribution in [0.15, 0.2) is 0 Å². The fourth-order valence-electron chi connectivity index (χ4n) is 0. The number of terminal acetylenes is 1. The van der Waals surface area contributed by atoms with E-state index in [9.17, 15) is 17.3 Å². The van der Waals surface area contributed by atoms with Gasteiger partial charge in [-0.15, -0.1) is 12.0 Å². The average molecular weight is 224 g/mol. The van der Waals surface area contributed by atoms with Gasteiger partial charge in [0.05, 0.1) is 0 Å². The molecule has 0 aromatic carbocycles. The third kappa shape index (κ3) is 66.1. The Hall–Kier alpha value is 1.20. The first-order valence-corrected chi connectivity index (χ1v) is 6.41. The van der Waals surface area contributed by atoms with Crippen LogP contribution in [-0.2, 0) is 0 Å². The van der Waals surface area contributed by atoms with Crippen LogP contribution in [-0.4, -0.2) is 15.3 Å². The van der Waals surface area contributed by atoms with Gasteiger partial charge in [0, 0.05) is 0 Å². The van der Waals surface area contributed by atoms with Gasteiger partial charge >= 0.3 is 58.6 Å². The third-order valence-electron chi connectivity index (χ3n) is 0.433. The van der Waals surface area contributed by atoms with Crippen LogP contribution in [0.5, 0.6) is 0 Å². The molecule has 0 unspecified atom stereocenters. The van der Waals surface area contributed by atoms with Crippen LogP contribution < -0.4 is 51.4 Å². The van der Waals surface area contributed by atoms with Crippen LogP contribution in [0.4, 0.5) is 17.3 Å². The SMILES string of the molecule is C#C[Si](C)(C)C.F[B-](F)(F)F.[K+]. The molecule has 0 nitrogen and oxygen atoms in total. The van der Waals surface area contributed by atoms with E-state index in [1.54, 1.807) is 0 Å². The van der Waals surface area contributed by atoms with Crippen LogP contribution in [0.2, 0.25) is 19.6 Å². The molecule has 0 saturated heterocycles. The van der Waals surface area contributed by atoms with Crippen LogP contribution in [0.3, 0.4) is 0 Å². The van der Waals surface area contributed by atoms with Gasteiger partial charge in [0.2, 0.25) is 0 Å². The summed E-state index contributed by atoms with van der Waals surface area (Å²) in [5, 5.41) is 0. The van der Waals surface area contributed by atoms with E-state index in [4.69, 9.17) is 6.42 Å². The molecule has 0 aromatic heterocycles. The molecule has 0 spiro atoms. The van der Waals surface area contributed by atoms with E-state index >= 15 is 0 Å². The number of rotatable bonds is 0. The molecule has 0 aliphatic rings. The minimum atomic E-state index is -6.00. The second-order valence-electron chi connectivity index (χ2n) is 2.89. The van der Waals surface area contributed by atoms with Crippen LogP contribution >= 0.6 is 0 Å². The monoisotopic (exact) mass is 224 g/mol. The Morgan fingerprint density at radius 1 is 1.08 bits per heavy atom. The van der Waals surface area contributed by atoms with Crippen LogP contribution in [0.25, 0.3) is 0 Å². The molecule has 0 N–H and O–H groups in total. The van der Waals surface area contributed by atoms with Crippen molar-refractivity contribution in [1.82, 2.24) is 0 Å². The maximum atomic E-state index is 9.75. The van der Waals surface area contributed by atoms with Crippen molar-refractivity contribution in [1.29, 1.82) is 0 Å². The molecule has 0 heterocycles. The zero-order valence-corrected chi connectivity index (χ0v) is 11.8. The van der Waals surface area contributed by atoms with Gasteiger partial charge < -0.3 is 17.3 Å². The molecular formula is C5H10BF4KSi. The smallest absolute Gasteiger partial charge is 0.418 e. The summed E-state index contributed by atoms with van der Waals surface area (Å²) in [6, 6.07) is 0. The van der Waals surface area contributed by atoms with E-state index in [0.29, 0.717) is 0 Å². The zero-order valence-electron chi connectivity index (χ0n) is 7.67. The fraction of sp³-hybridized carbons (Fsp3) is 0.600. The Morgan fingerprint density at radius 2 is 1.17 bits per heavy atom. The molecule has 0 radical (unpaired) electrons. The summed E-state index contributed by atoms with van der Waals surface area (Å²) in [4.78, 5) is 0. The zero-order chi connectivity index (χ0) is 9.71. The van der Waals surface area contributed by atoms with Crippen molar-refractivity contribution in [3.05, 3.63) is 0 Å². The Bertz CT molecular complexity index is 139. The van der Waals surface area contributed by atoms with Gasteiger partial charge in [-0.25, -0.2) is 0 Å². The molecule has 12 heavy (non-hydrogen) atoms. The molecule has 7 heteroatoms. The Kier molecular flexibility index (Phi) is 11.9. The van der Waals surface area contributed by atoms with Gasteiger partial charge in [0.15, 0.2) is 0 Å². The molecule has 0 saturated carbocycles. The van der Waals surface area contributed by atoms with E-state index in [1.165, 1.54) is 0 Å². The normalized spacial score (nSPS) is 10.2. The van der Waals surface area contributed by atoms with Crippen molar-refractivity contribution in [3.8, 4) is 12.0 Å². The summed E-state index contributed by atoms with van der Waals surface area (Å²) in [6.07, 6.45) is 5.12. The van der Waals surface area contributed by atoms with E-state index in [2.05, 4.69) is 25.2 Å². The van der Waals surface area contributed by atoms with Gasteiger partial charge in [-0.05, 0) is 0 Å². The summed E-state index contributed by atoms with van der Waals surface area (Å²) >= 11 is 0. The molecule has 0 aromatic rings. The Labute approximate surface area is 114 Å². The van der Waals surface area contributed by atoms with Crippen LogP contribution in [0.1, 0.15) is 0 Å². The summed E-state index contributed by atoms with van der Waals surface area (Å²) in [7, 11) is -7.10. The molecule has 0 fully saturated rings. The fourth-order valence-corrected chi connectivity index (χ4v) is 0. The maximum Gasteiger partial charge on any atom is 1.00 e. The minimum Gasteiger partial charge on any atom is -0.418 e. The van der Waals surface area contributed by atoms with Crippen molar-refractivity contribution in [2.45, 2.75) is 19.6 Å². The van der Waals surface area contributed by atoms with Gasteiger partial charge in [-0.2, -0.15) is 0 Å². The largest absolute Gasteiger partial charge is 1.00 e. The molecule has 0 bridgehead atoms. The quantitative estimate of drug-likeness (QED) is 0.304. The molecular weight excluding hydrogens is 214 g/mol. The van der Waals surface area contributed by atoms with E-state index in [1.807, 2.05) is 0 Å². The predicted molar refractivity (Wildman–Crippen MR) is 42.4 cm³/mol. The van der Waals surface area contributed by atoms with E-state index in [-0.39, 0.29) is 51.4 Å². The minimum absolute atomic E-state index is 0. The summed E-state index contributed by atoms with van der Waals surface area (Å²) in [5.74, 6) is 0. The van der Waals surface area contributed by atoms with Crippen molar-refractivity contribution in [3.63, 3.8) is 0 Å². The first kappa shape index (κ1) is 18.9. The predicted octanol–water partition coefficient (Wildman–Crippen LogP) is -0.199. The Balaban J connectivity index is -0.000000126. The first-order chi connectivity index (χ1) is 4.56. The van der Waals surface area contributed by atoms with E-state index < -0.39 is 15.3 Å². The molecule has 0 aliphatic heterocycles. The van der Waals surface area contributed by atoms with Crippen molar-refractivity contribution in [2.75, 3.05) is 0 Å². The van der Waals surface area contributed by atoms with Crippen molar-refractivity contribution in [2.24, 2.45) is 0 Å². The van der Waals surface area contributed by atoms with Gasteiger partial charge in [-0.3, -0.25) is 0 Å². The molecule has 0 rings (SSSR count). The van der Waals surface area contributed by atoms with E-state index in [0.717, 1.165) is 0 Å². The van der Waals surface area contributed by atoms with Crippen molar-refractivity contribution >= 4 is 15.3 Å². The number of hydrogen-bond acceptors (Lipinski definition) is 0. The molecule has 66 valence electrons. The average Bonchev–Trinajstić information content (AvgIpc) is 1.59.